The van der Waals surface area contributed by atoms with Crippen LogP contribution in [0.4, 0.5) is 5.69 Å². The number of aromatic hydroxyl groups is 1. The fourth-order valence-electron chi connectivity index (χ4n) is 6.74. The first-order chi connectivity index (χ1) is 17.5. The molecule has 3 nitrogen and oxygen atoms in total. The Morgan fingerprint density at radius 1 is 0.750 bits per heavy atom. The highest BCUT2D eigenvalue weighted by Crippen LogP contribution is 2.58. The van der Waals surface area contributed by atoms with Crippen molar-refractivity contribution in [1.82, 2.24) is 0 Å². The average Bonchev–Trinajstić information content (AvgIpc) is 3.15. The third-order valence-corrected chi connectivity index (χ3v) is 8.56. The maximum absolute atomic E-state index is 11.5. The SMILES string of the molecule is COc1cc2c3c(cc(O)c2cc1-c1ccc(N(C)C)cc1)C1(CCCCCCC1)c1ccccc1-3. The summed E-state index contributed by atoms with van der Waals surface area (Å²) < 4.78 is 5.95. The van der Waals surface area contributed by atoms with Crippen molar-refractivity contribution in [2.45, 2.75) is 50.4 Å². The summed E-state index contributed by atoms with van der Waals surface area (Å²) in [5.41, 5.74) is 8.58. The molecule has 4 aromatic carbocycles. The highest BCUT2D eigenvalue weighted by molar-refractivity contribution is 6.07. The van der Waals surface area contributed by atoms with E-state index in [9.17, 15) is 5.11 Å². The van der Waals surface area contributed by atoms with E-state index in [0.717, 1.165) is 46.2 Å². The van der Waals surface area contributed by atoms with Gasteiger partial charge in [-0.3, -0.25) is 0 Å². The summed E-state index contributed by atoms with van der Waals surface area (Å²) in [4.78, 5) is 2.10. The second-order valence-electron chi connectivity index (χ2n) is 10.8. The molecule has 1 fully saturated rings. The second kappa shape index (κ2) is 8.89. The van der Waals surface area contributed by atoms with Crippen LogP contribution >= 0.6 is 0 Å². The van der Waals surface area contributed by atoms with Crippen LogP contribution in [0.5, 0.6) is 11.5 Å². The monoisotopic (exact) mass is 477 g/mol. The van der Waals surface area contributed by atoms with E-state index in [1.807, 2.05) is 14.1 Å². The quantitative estimate of drug-likeness (QED) is 0.322. The Bertz CT molecular complexity index is 1430. The summed E-state index contributed by atoms with van der Waals surface area (Å²) in [5, 5.41) is 13.4. The van der Waals surface area contributed by atoms with Gasteiger partial charge >= 0.3 is 0 Å². The van der Waals surface area contributed by atoms with Crippen molar-refractivity contribution >= 4 is 16.5 Å². The zero-order valence-corrected chi connectivity index (χ0v) is 21.6. The van der Waals surface area contributed by atoms with Crippen molar-refractivity contribution in [1.29, 1.82) is 0 Å². The molecule has 0 atom stereocenters. The van der Waals surface area contributed by atoms with Crippen molar-refractivity contribution in [2.75, 3.05) is 26.1 Å². The number of methoxy groups -OCH3 is 1. The van der Waals surface area contributed by atoms with Crippen LogP contribution in [0.2, 0.25) is 0 Å². The molecule has 2 aliphatic carbocycles. The van der Waals surface area contributed by atoms with Crippen LogP contribution < -0.4 is 9.64 Å². The zero-order valence-electron chi connectivity index (χ0n) is 21.6. The molecule has 0 radical (unpaired) electrons. The number of ether oxygens (including phenoxy) is 1. The smallest absolute Gasteiger partial charge is 0.127 e. The van der Waals surface area contributed by atoms with Gasteiger partial charge in [-0.15, -0.1) is 0 Å². The number of phenols is 1. The highest BCUT2D eigenvalue weighted by atomic mass is 16.5. The van der Waals surface area contributed by atoms with E-state index in [4.69, 9.17) is 4.74 Å². The first-order valence-electron chi connectivity index (χ1n) is 13.3. The fourth-order valence-corrected chi connectivity index (χ4v) is 6.74. The summed E-state index contributed by atoms with van der Waals surface area (Å²) >= 11 is 0. The molecule has 1 spiro atoms. The van der Waals surface area contributed by atoms with Crippen molar-refractivity contribution in [3.8, 4) is 33.8 Å². The molecule has 0 aromatic heterocycles. The van der Waals surface area contributed by atoms with Crippen LogP contribution in [0.1, 0.15) is 56.1 Å². The highest BCUT2D eigenvalue weighted by Gasteiger charge is 2.43. The minimum absolute atomic E-state index is 0.00800. The topological polar surface area (TPSA) is 32.7 Å². The maximum Gasteiger partial charge on any atom is 0.127 e. The first kappa shape index (κ1) is 23.0. The average molecular weight is 478 g/mol. The lowest BCUT2D eigenvalue weighted by atomic mass is 9.69. The standard InChI is InChI=1S/C33H35NO2/c1-34(2)23-15-13-22(14-16-23)25-19-26-27(20-31(25)36-3)32-24-11-7-8-12-28(24)33(29(32)21-30(26)35)17-9-5-4-6-10-18-33/h7-8,11-16,19-21,35H,4-6,9-10,17-18H2,1-3H3. The van der Waals surface area contributed by atoms with Crippen molar-refractivity contribution in [3.63, 3.8) is 0 Å². The van der Waals surface area contributed by atoms with Crippen LogP contribution in [0, 0.1) is 0 Å². The van der Waals surface area contributed by atoms with Crippen LogP contribution in [0.15, 0.2) is 66.7 Å². The maximum atomic E-state index is 11.5. The van der Waals surface area contributed by atoms with Gasteiger partial charge in [-0.1, -0.05) is 68.5 Å². The summed E-state index contributed by atoms with van der Waals surface area (Å²) in [6.07, 6.45) is 8.69. The first-order valence-corrected chi connectivity index (χ1v) is 13.3. The minimum Gasteiger partial charge on any atom is -0.507 e. The summed E-state index contributed by atoms with van der Waals surface area (Å²) in [6, 6.07) is 23.8. The van der Waals surface area contributed by atoms with Gasteiger partial charge in [-0.05, 0) is 76.4 Å². The largest absolute Gasteiger partial charge is 0.507 e. The molecule has 0 unspecified atom stereocenters. The predicted molar refractivity (Wildman–Crippen MR) is 150 cm³/mol. The molecular weight excluding hydrogens is 442 g/mol. The second-order valence-corrected chi connectivity index (χ2v) is 10.8. The van der Waals surface area contributed by atoms with E-state index in [-0.39, 0.29) is 5.41 Å². The van der Waals surface area contributed by atoms with E-state index >= 15 is 0 Å². The number of anilines is 1. The third kappa shape index (κ3) is 3.48. The molecule has 1 saturated carbocycles. The van der Waals surface area contributed by atoms with E-state index < -0.39 is 0 Å². The fraction of sp³-hybridized carbons (Fsp3) is 0.333. The number of hydrogen-bond acceptors (Lipinski definition) is 3. The van der Waals surface area contributed by atoms with Gasteiger partial charge in [-0.2, -0.15) is 0 Å². The number of fused-ring (bicyclic) bond motifs is 7. The lowest BCUT2D eigenvalue weighted by molar-refractivity contribution is 0.372. The van der Waals surface area contributed by atoms with Crippen LogP contribution in [0.25, 0.3) is 33.0 Å². The third-order valence-electron chi connectivity index (χ3n) is 8.56. The molecule has 1 N–H and O–H groups in total. The Kier molecular flexibility index (Phi) is 5.67. The van der Waals surface area contributed by atoms with Gasteiger partial charge < -0.3 is 14.7 Å². The summed E-state index contributed by atoms with van der Waals surface area (Å²) in [6.45, 7) is 0. The molecule has 4 aromatic rings. The summed E-state index contributed by atoms with van der Waals surface area (Å²) in [7, 11) is 5.84. The van der Waals surface area contributed by atoms with Gasteiger partial charge in [0.05, 0.1) is 7.11 Å². The van der Waals surface area contributed by atoms with E-state index in [1.54, 1.807) is 7.11 Å². The lowest BCUT2D eigenvalue weighted by Crippen LogP contribution is -2.26. The molecule has 0 aliphatic heterocycles. The van der Waals surface area contributed by atoms with Gasteiger partial charge in [0.15, 0.2) is 0 Å². The van der Waals surface area contributed by atoms with Gasteiger partial charge in [0.1, 0.15) is 11.5 Å². The molecule has 184 valence electrons. The lowest BCUT2D eigenvalue weighted by Gasteiger charge is -2.34. The van der Waals surface area contributed by atoms with E-state index in [0.29, 0.717) is 5.75 Å². The molecule has 2 aliphatic rings. The number of phenolic OH excluding ortho intramolecular Hbond substituents is 1. The number of hydrogen-bond donors (Lipinski definition) is 1. The minimum atomic E-state index is -0.00800. The van der Waals surface area contributed by atoms with Gasteiger partial charge in [0, 0.05) is 36.1 Å². The number of rotatable bonds is 3. The van der Waals surface area contributed by atoms with Gasteiger partial charge in [0.25, 0.3) is 0 Å². The number of benzene rings is 4. The van der Waals surface area contributed by atoms with Crippen molar-refractivity contribution < 1.29 is 9.84 Å². The van der Waals surface area contributed by atoms with Crippen molar-refractivity contribution in [3.05, 3.63) is 77.9 Å². The van der Waals surface area contributed by atoms with Crippen molar-refractivity contribution in [2.24, 2.45) is 0 Å². The normalized spacial score (nSPS) is 16.3. The summed E-state index contributed by atoms with van der Waals surface area (Å²) in [5.74, 6) is 1.20. The van der Waals surface area contributed by atoms with Crippen LogP contribution in [-0.4, -0.2) is 26.3 Å². The molecule has 6 rings (SSSR count). The Morgan fingerprint density at radius 3 is 2.14 bits per heavy atom. The van der Waals surface area contributed by atoms with Crippen LogP contribution in [-0.2, 0) is 5.41 Å². The number of nitrogens with zero attached hydrogens (tertiary/aromatic N) is 1. The molecule has 36 heavy (non-hydrogen) atoms. The Labute approximate surface area is 214 Å². The zero-order chi connectivity index (χ0) is 24.9. The van der Waals surface area contributed by atoms with Gasteiger partial charge in [-0.25, -0.2) is 0 Å². The molecule has 0 bridgehead atoms. The predicted octanol–water partition coefficient (Wildman–Crippen LogP) is 8.30. The molecule has 0 amide bonds. The Morgan fingerprint density at radius 2 is 1.44 bits per heavy atom. The molecular formula is C33H35NO2. The Balaban J connectivity index is 1.60. The van der Waals surface area contributed by atoms with Gasteiger partial charge in [0.2, 0.25) is 0 Å². The van der Waals surface area contributed by atoms with Crippen LogP contribution in [0.3, 0.4) is 0 Å². The molecule has 0 saturated heterocycles. The molecule has 3 heteroatoms. The Hall–Kier alpha value is -3.46. The van der Waals surface area contributed by atoms with E-state index in [1.165, 1.54) is 54.4 Å². The molecule has 0 heterocycles. The van der Waals surface area contributed by atoms with E-state index in [2.05, 4.69) is 71.6 Å².